The summed E-state index contributed by atoms with van der Waals surface area (Å²) in [6.45, 7) is 10.1. The number of nitrogens with one attached hydrogen (secondary N) is 1. The molecule has 0 aliphatic heterocycles. The molecule has 0 aliphatic rings. The van der Waals surface area contributed by atoms with Gasteiger partial charge in [-0.15, -0.1) is 0 Å². The topological polar surface area (TPSA) is 103 Å². The molecule has 0 bridgehead atoms. The predicted molar refractivity (Wildman–Crippen MR) is 108 cm³/mol. The summed E-state index contributed by atoms with van der Waals surface area (Å²) in [4.78, 5) is 24.3. The van der Waals surface area contributed by atoms with E-state index in [9.17, 15) is 14.7 Å². The van der Waals surface area contributed by atoms with Gasteiger partial charge in [0, 0.05) is 5.56 Å². The maximum absolute atomic E-state index is 12.6. The van der Waals surface area contributed by atoms with Crippen molar-refractivity contribution >= 4 is 20.2 Å². The van der Waals surface area contributed by atoms with Crippen molar-refractivity contribution in [3.8, 4) is 17.2 Å². The first-order chi connectivity index (χ1) is 12.9. The van der Waals surface area contributed by atoms with Crippen LogP contribution in [0.15, 0.2) is 12.1 Å². The van der Waals surface area contributed by atoms with Gasteiger partial charge in [0.05, 0.1) is 27.9 Å². The van der Waals surface area contributed by atoms with E-state index in [0.29, 0.717) is 17.2 Å². The van der Waals surface area contributed by atoms with Crippen LogP contribution in [0.4, 0.5) is 0 Å². The number of hydrogen-bond donors (Lipinski definition) is 2. The van der Waals surface area contributed by atoms with E-state index in [4.69, 9.17) is 18.6 Å². The second kappa shape index (κ2) is 9.29. The Morgan fingerprint density at radius 2 is 1.57 bits per heavy atom. The van der Waals surface area contributed by atoms with Crippen molar-refractivity contribution in [2.75, 3.05) is 27.9 Å². The maximum Gasteiger partial charge on any atom is 0.328 e. The Bertz CT molecular complexity index is 688. The van der Waals surface area contributed by atoms with E-state index in [1.54, 1.807) is 0 Å². The van der Waals surface area contributed by atoms with Gasteiger partial charge in [-0.05, 0) is 30.3 Å². The van der Waals surface area contributed by atoms with Crippen LogP contribution in [0.2, 0.25) is 18.1 Å². The van der Waals surface area contributed by atoms with Gasteiger partial charge < -0.3 is 29.1 Å². The van der Waals surface area contributed by atoms with Gasteiger partial charge in [-0.2, -0.15) is 0 Å². The number of carboxylic acids is 1. The zero-order valence-corrected chi connectivity index (χ0v) is 18.8. The van der Waals surface area contributed by atoms with E-state index >= 15 is 0 Å². The van der Waals surface area contributed by atoms with Gasteiger partial charge in [-0.25, -0.2) is 4.79 Å². The van der Waals surface area contributed by atoms with Crippen molar-refractivity contribution in [2.24, 2.45) is 0 Å². The van der Waals surface area contributed by atoms with E-state index in [1.165, 1.54) is 33.5 Å². The Kier molecular flexibility index (Phi) is 7.89. The van der Waals surface area contributed by atoms with Crippen LogP contribution in [0.25, 0.3) is 0 Å². The third-order valence-electron chi connectivity index (χ3n) is 4.95. The highest BCUT2D eigenvalue weighted by Gasteiger charge is 2.38. The maximum atomic E-state index is 12.6. The highest BCUT2D eigenvalue weighted by atomic mass is 28.4. The van der Waals surface area contributed by atoms with E-state index in [0.717, 1.165) is 0 Å². The molecule has 2 N–H and O–H groups in total. The summed E-state index contributed by atoms with van der Waals surface area (Å²) in [6.07, 6.45) is 0. The summed E-state index contributed by atoms with van der Waals surface area (Å²) in [5.74, 6) is -0.796. The number of ether oxygens (including phenoxy) is 3. The number of amides is 1. The molecule has 0 aromatic heterocycles. The number of carbonyl (C=O) groups is 2. The van der Waals surface area contributed by atoms with Gasteiger partial charge in [-0.1, -0.05) is 20.8 Å². The van der Waals surface area contributed by atoms with Crippen LogP contribution < -0.4 is 19.5 Å². The molecule has 0 spiro atoms. The second-order valence-electron chi connectivity index (χ2n) is 7.85. The summed E-state index contributed by atoms with van der Waals surface area (Å²) < 4.78 is 21.6. The Balaban J connectivity index is 3.03. The molecule has 1 rings (SSSR count). The Labute approximate surface area is 167 Å². The lowest BCUT2D eigenvalue weighted by molar-refractivity contribution is -0.140. The number of aliphatic carboxylic acids is 1. The molecule has 0 fully saturated rings. The summed E-state index contributed by atoms with van der Waals surface area (Å²) in [6, 6.07) is 1.75. The molecule has 0 saturated heterocycles. The van der Waals surface area contributed by atoms with Gasteiger partial charge in [0.15, 0.2) is 19.8 Å². The van der Waals surface area contributed by atoms with E-state index in [1.807, 2.05) is 13.1 Å². The highest BCUT2D eigenvalue weighted by Crippen LogP contribution is 2.38. The minimum absolute atomic E-state index is 0.0726. The SMILES string of the molecule is COc1cc(C(=O)N[C@@H](CO[Si](C)(C)C(C)(C)C)C(=O)O)cc(OC)c1OC. The standard InChI is InChI=1S/C19H31NO7Si/c1-19(2,3)28(7,8)27-11-13(18(22)23)20-17(21)12-9-14(24-4)16(26-6)15(10-12)25-5/h9-10,13H,11H2,1-8H3,(H,20,21)(H,22,23)/t13-/m0/s1. The first-order valence-corrected chi connectivity index (χ1v) is 11.8. The van der Waals surface area contributed by atoms with Crippen molar-refractivity contribution in [3.63, 3.8) is 0 Å². The first-order valence-electron chi connectivity index (χ1n) is 8.85. The van der Waals surface area contributed by atoms with Crippen molar-refractivity contribution in [1.82, 2.24) is 5.32 Å². The molecule has 1 amide bonds. The van der Waals surface area contributed by atoms with Crippen LogP contribution >= 0.6 is 0 Å². The number of hydrogen-bond acceptors (Lipinski definition) is 6. The van der Waals surface area contributed by atoms with Gasteiger partial charge in [0.25, 0.3) is 5.91 Å². The lowest BCUT2D eigenvalue weighted by atomic mass is 10.1. The molecule has 1 aromatic carbocycles. The fourth-order valence-electron chi connectivity index (χ4n) is 2.14. The summed E-state index contributed by atoms with van der Waals surface area (Å²) >= 11 is 0. The quantitative estimate of drug-likeness (QED) is 0.600. The van der Waals surface area contributed by atoms with Gasteiger partial charge in [0.2, 0.25) is 5.75 Å². The minimum atomic E-state index is -2.16. The minimum Gasteiger partial charge on any atom is -0.493 e. The second-order valence-corrected chi connectivity index (χ2v) is 12.7. The van der Waals surface area contributed by atoms with Gasteiger partial charge >= 0.3 is 5.97 Å². The zero-order chi connectivity index (χ0) is 21.7. The molecule has 28 heavy (non-hydrogen) atoms. The molecular formula is C19H31NO7Si. The average molecular weight is 414 g/mol. The van der Waals surface area contributed by atoms with Crippen LogP contribution in [0.5, 0.6) is 17.2 Å². The van der Waals surface area contributed by atoms with Crippen molar-refractivity contribution in [3.05, 3.63) is 17.7 Å². The Morgan fingerprint density at radius 3 is 1.93 bits per heavy atom. The molecule has 0 radical (unpaired) electrons. The van der Waals surface area contributed by atoms with E-state index in [2.05, 4.69) is 26.1 Å². The Hall–Kier alpha value is -2.26. The molecule has 1 aromatic rings. The van der Waals surface area contributed by atoms with Crippen LogP contribution in [-0.4, -0.2) is 59.3 Å². The Morgan fingerprint density at radius 1 is 1.07 bits per heavy atom. The number of carboxylic acid groups (broad SMARTS) is 1. The number of methoxy groups -OCH3 is 3. The van der Waals surface area contributed by atoms with Gasteiger partial charge in [0.1, 0.15) is 6.04 Å². The van der Waals surface area contributed by atoms with Gasteiger partial charge in [-0.3, -0.25) is 4.79 Å². The monoisotopic (exact) mass is 413 g/mol. The third-order valence-corrected chi connectivity index (χ3v) is 9.45. The summed E-state index contributed by atoms with van der Waals surface area (Å²) in [7, 11) is 2.17. The lowest BCUT2D eigenvalue weighted by Gasteiger charge is -2.36. The summed E-state index contributed by atoms with van der Waals surface area (Å²) in [5.41, 5.74) is 0.188. The van der Waals surface area contributed by atoms with Crippen molar-refractivity contribution in [2.45, 2.75) is 44.9 Å². The number of rotatable bonds is 9. The molecule has 0 unspecified atom stereocenters. The molecule has 0 heterocycles. The highest BCUT2D eigenvalue weighted by molar-refractivity contribution is 6.74. The molecule has 0 aliphatic carbocycles. The van der Waals surface area contributed by atoms with E-state index < -0.39 is 26.2 Å². The fraction of sp³-hybridized carbons (Fsp3) is 0.579. The lowest BCUT2D eigenvalue weighted by Crippen LogP contribution is -2.49. The van der Waals surface area contributed by atoms with Crippen molar-refractivity contribution < 1.29 is 33.3 Å². The van der Waals surface area contributed by atoms with E-state index in [-0.39, 0.29) is 17.2 Å². The van der Waals surface area contributed by atoms with Crippen LogP contribution in [0, 0.1) is 0 Å². The smallest absolute Gasteiger partial charge is 0.328 e. The third kappa shape index (κ3) is 5.62. The molecular weight excluding hydrogens is 382 g/mol. The molecule has 1 atom stereocenters. The number of carbonyl (C=O) groups excluding carboxylic acids is 1. The molecule has 158 valence electrons. The average Bonchev–Trinajstić information content (AvgIpc) is 2.62. The largest absolute Gasteiger partial charge is 0.493 e. The zero-order valence-electron chi connectivity index (χ0n) is 17.8. The molecule has 8 nitrogen and oxygen atoms in total. The van der Waals surface area contributed by atoms with Crippen molar-refractivity contribution in [1.29, 1.82) is 0 Å². The summed E-state index contributed by atoms with van der Waals surface area (Å²) in [5, 5.41) is 11.9. The molecule has 0 saturated carbocycles. The fourth-order valence-corrected chi connectivity index (χ4v) is 3.15. The van der Waals surface area contributed by atoms with Crippen LogP contribution in [-0.2, 0) is 9.22 Å². The molecule has 9 heteroatoms. The first kappa shape index (κ1) is 23.8. The normalized spacial score (nSPS) is 12.9. The van der Waals surface area contributed by atoms with Crippen LogP contribution in [0.1, 0.15) is 31.1 Å². The van der Waals surface area contributed by atoms with Crippen LogP contribution in [0.3, 0.4) is 0 Å². The predicted octanol–water partition coefficient (Wildman–Crippen LogP) is 2.92. The number of benzene rings is 1.